The van der Waals surface area contributed by atoms with Gasteiger partial charge in [-0.2, -0.15) is 0 Å². The first kappa shape index (κ1) is 19.1. The van der Waals surface area contributed by atoms with Crippen molar-refractivity contribution in [3.63, 3.8) is 0 Å². The number of nitrogens with one attached hydrogen (secondary N) is 2. The number of hydrogen-bond donors (Lipinski definition) is 2. The number of morpholine rings is 1. The minimum Gasteiger partial charge on any atom is -0.379 e. The standard InChI is InChI=1S/C20H37N3O2/c24-20(22-10-11-23-12-14-25-15-13-23)19-16-18(8-9-21-19)7-6-17-4-2-1-3-5-17/h17-19,21H,1-16H2,(H,22,24)/t18-,19+/m1/s1. The first-order valence-corrected chi connectivity index (χ1v) is 10.6. The Bertz CT molecular complexity index is 392. The molecular formula is C20H37N3O2. The number of ether oxygens (including phenoxy) is 1. The van der Waals surface area contributed by atoms with E-state index in [9.17, 15) is 4.79 Å². The molecule has 5 nitrogen and oxygen atoms in total. The van der Waals surface area contributed by atoms with E-state index < -0.39 is 0 Å². The van der Waals surface area contributed by atoms with Gasteiger partial charge in [-0.3, -0.25) is 9.69 Å². The van der Waals surface area contributed by atoms with E-state index in [2.05, 4.69) is 15.5 Å². The van der Waals surface area contributed by atoms with Gasteiger partial charge in [-0.05, 0) is 31.2 Å². The molecule has 0 spiro atoms. The topological polar surface area (TPSA) is 53.6 Å². The van der Waals surface area contributed by atoms with E-state index in [-0.39, 0.29) is 11.9 Å². The predicted octanol–water partition coefficient (Wildman–Crippen LogP) is 2.16. The maximum Gasteiger partial charge on any atom is 0.237 e. The molecule has 25 heavy (non-hydrogen) atoms. The summed E-state index contributed by atoms with van der Waals surface area (Å²) in [5.41, 5.74) is 0. The van der Waals surface area contributed by atoms with Crippen molar-refractivity contribution in [2.24, 2.45) is 11.8 Å². The second-order valence-electron chi connectivity index (χ2n) is 8.22. The molecule has 0 bridgehead atoms. The van der Waals surface area contributed by atoms with Crippen molar-refractivity contribution in [2.75, 3.05) is 45.9 Å². The number of rotatable bonds is 7. The Hall–Kier alpha value is -0.650. The molecule has 3 aliphatic rings. The van der Waals surface area contributed by atoms with E-state index in [1.807, 2.05) is 0 Å². The van der Waals surface area contributed by atoms with Crippen LogP contribution in [0.3, 0.4) is 0 Å². The van der Waals surface area contributed by atoms with E-state index >= 15 is 0 Å². The van der Waals surface area contributed by atoms with Gasteiger partial charge in [-0.15, -0.1) is 0 Å². The van der Waals surface area contributed by atoms with E-state index in [4.69, 9.17) is 4.74 Å². The number of carbonyl (C=O) groups excluding carboxylic acids is 1. The summed E-state index contributed by atoms with van der Waals surface area (Å²) in [5.74, 6) is 1.90. The van der Waals surface area contributed by atoms with Gasteiger partial charge < -0.3 is 15.4 Å². The number of piperidine rings is 1. The highest BCUT2D eigenvalue weighted by Gasteiger charge is 2.27. The Morgan fingerprint density at radius 3 is 2.60 bits per heavy atom. The van der Waals surface area contributed by atoms with E-state index in [0.717, 1.165) is 64.2 Å². The lowest BCUT2D eigenvalue weighted by Crippen LogP contribution is -2.50. The van der Waals surface area contributed by atoms with Crippen LogP contribution in [0.25, 0.3) is 0 Å². The summed E-state index contributed by atoms with van der Waals surface area (Å²) >= 11 is 0. The normalized spacial score (nSPS) is 29.4. The highest BCUT2D eigenvalue weighted by Crippen LogP contribution is 2.31. The number of nitrogens with zero attached hydrogens (tertiary/aromatic N) is 1. The van der Waals surface area contributed by atoms with Crippen LogP contribution in [0.4, 0.5) is 0 Å². The molecule has 0 radical (unpaired) electrons. The smallest absolute Gasteiger partial charge is 0.237 e. The molecule has 3 fully saturated rings. The van der Waals surface area contributed by atoms with E-state index in [1.54, 1.807) is 0 Å². The molecule has 0 aromatic heterocycles. The van der Waals surface area contributed by atoms with Crippen molar-refractivity contribution in [1.29, 1.82) is 0 Å². The van der Waals surface area contributed by atoms with Crippen molar-refractivity contribution in [3.05, 3.63) is 0 Å². The first-order valence-electron chi connectivity index (χ1n) is 10.6. The second-order valence-corrected chi connectivity index (χ2v) is 8.22. The molecule has 0 aromatic carbocycles. The molecule has 2 saturated heterocycles. The number of carbonyl (C=O) groups is 1. The molecule has 2 atom stereocenters. The minimum absolute atomic E-state index is 0.0230. The lowest BCUT2D eigenvalue weighted by Gasteiger charge is -2.31. The third kappa shape index (κ3) is 6.54. The Morgan fingerprint density at radius 1 is 1.04 bits per heavy atom. The van der Waals surface area contributed by atoms with Crippen LogP contribution in [0, 0.1) is 11.8 Å². The van der Waals surface area contributed by atoms with Crippen molar-refractivity contribution in [3.8, 4) is 0 Å². The second kappa shape index (κ2) is 10.5. The molecule has 5 heteroatoms. The zero-order valence-corrected chi connectivity index (χ0v) is 15.8. The lowest BCUT2D eigenvalue weighted by molar-refractivity contribution is -0.124. The quantitative estimate of drug-likeness (QED) is 0.738. The van der Waals surface area contributed by atoms with Gasteiger partial charge in [-0.1, -0.05) is 44.9 Å². The van der Waals surface area contributed by atoms with E-state index in [1.165, 1.54) is 51.4 Å². The molecule has 3 rings (SSSR count). The molecule has 1 saturated carbocycles. The first-order chi connectivity index (χ1) is 12.3. The Morgan fingerprint density at radius 2 is 1.80 bits per heavy atom. The van der Waals surface area contributed by atoms with Crippen LogP contribution >= 0.6 is 0 Å². The van der Waals surface area contributed by atoms with Crippen LogP contribution in [-0.2, 0) is 9.53 Å². The fourth-order valence-electron chi connectivity index (χ4n) is 4.69. The van der Waals surface area contributed by atoms with Crippen molar-refractivity contribution in [1.82, 2.24) is 15.5 Å². The third-order valence-corrected chi connectivity index (χ3v) is 6.37. The van der Waals surface area contributed by atoms with Gasteiger partial charge in [0.2, 0.25) is 5.91 Å². The average molecular weight is 352 g/mol. The largest absolute Gasteiger partial charge is 0.379 e. The minimum atomic E-state index is 0.0230. The third-order valence-electron chi connectivity index (χ3n) is 6.37. The summed E-state index contributed by atoms with van der Waals surface area (Å²) in [4.78, 5) is 14.8. The SMILES string of the molecule is O=C(NCCN1CCOCC1)[C@@H]1C[C@H](CCC2CCCCC2)CCN1. The molecule has 0 aromatic rings. The van der Waals surface area contributed by atoms with Gasteiger partial charge >= 0.3 is 0 Å². The van der Waals surface area contributed by atoms with Gasteiger partial charge in [0.1, 0.15) is 0 Å². The van der Waals surface area contributed by atoms with Gasteiger partial charge in [0.25, 0.3) is 0 Å². The van der Waals surface area contributed by atoms with Crippen LogP contribution in [0.5, 0.6) is 0 Å². The van der Waals surface area contributed by atoms with Crippen LogP contribution in [0.2, 0.25) is 0 Å². The molecule has 144 valence electrons. The van der Waals surface area contributed by atoms with Gasteiger partial charge in [0, 0.05) is 26.2 Å². The summed E-state index contributed by atoms with van der Waals surface area (Å²) < 4.78 is 5.36. The maximum atomic E-state index is 12.5. The van der Waals surface area contributed by atoms with E-state index in [0.29, 0.717) is 0 Å². The van der Waals surface area contributed by atoms with Gasteiger partial charge in [-0.25, -0.2) is 0 Å². The fraction of sp³-hybridized carbons (Fsp3) is 0.950. The van der Waals surface area contributed by atoms with Gasteiger partial charge in [0.05, 0.1) is 19.3 Å². The molecule has 2 aliphatic heterocycles. The lowest BCUT2D eigenvalue weighted by atomic mass is 9.81. The van der Waals surface area contributed by atoms with Crippen LogP contribution in [-0.4, -0.2) is 62.8 Å². The Balaban J connectivity index is 1.31. The Kier molecular flexibility index (Phi) is 8.02. The predicted molar refractivity (Wildman–Crippen MR) is 101 cm³/mol. The highest BCUT2D eigenvalue weighted by atomic mass is 16.5. The molecule has 2 N–H and O–H groups in total. The molecule has 1 amide bonds. The van der Waals surface area contributed by atoms with Crippen molar-refractivity contribution in [2.45, 2.75) is 63.8 Å². The summed E-state index contributed by atoms with van der Waals surface area (Å²) in [6.07, 6.45) is 12.2. The molecular weight excluding hydrogens is 314 g/mol. The van der Waals surface area contributed by atoms with Crippen molar-refractivity contribution >= 4 is 5.91 Å². The highest BCUT2D eigenvalue weighted by molar-refractivity contribution is 5.81. The summed E-state index contributed by atoms with van der Waals surface area (Å²) in [6.45, 7) is 6.30. The maximum absolute atomic E-state index is 12.5. The van der Waals surface area contributed by atoms with Crippen molar-refractivity contribution < 1.29 is 9.53 Å². The molecule has 1 aliphatic carbocycles. The zero-order chi connectivity index (χ0) is 17.3. The van der Waals surface area contributed by atoms with Crippen LogP contribution in [0.1, 0.15) is 57.8 Å². The monoisotopic (exact) mass is 351 g/mol. The summed E-state index contributed by atoms with van der Waals surface area (Å²) in [5, 5.41) is 6.57. The molecule has 0 unspecified atom stereocenters. The number of amides is 1. The van der Waals surface area contributed by atoms with Gasteiger partial charge in [0.15, 0.2) is 0 Å². The summed E-state index contributed by atoms with van der Waals surface area (Å²) in [7, 11) is 0. The van der Waals surface area contributed by atoms with Crippen LogP contribution < -0.4 is 10.6 Å². The van der Waals surface area contributed by atoms with Crippen LogP contribution in [0.15, 0.2) is 0 Å². The average Bonchev–Trinajstić information content (AvgIpc) is 2.68. The number of hydrogen-bond acceptors (Lipinski definition) is 4. The Labute approximate surface area is 153 Å². The molecule has 2 heterocycles. The summed E-state index contributed by atoms with van der Waals surface area (Å²) in [6, 6.07) is 0.0230. The zero-order valence-electron chi connectivity index (χ0n) is 15.8. The fourth-order valence-corrected chi connectivity index (χ4v) is 4.69.